The number of fused-ring (bicyclic) bond motifs is 1. The zero-order valence-corrected chi connectivity index (χ0v) is 6.55. The van der Waals surface area contributed by atoms with Crippen molar-refractivity contribution in [3.8, 4) is 0 Å². The van der Waals surface area contributed by atoms with Gasteiger partial charge in [-0.3, -0.25) is 4.79 Å². The van der Waals surface area contributed by atoms with Crippen LogP contribution in [0.3, 0.4) is 0 Å². The van der Waals surface area contributed by atoms with E-state index in [4.69, 9.17) is 5.73 Å². The number of primary amides is 1. The summed E-state index contributed by atoms with van der Waals surface area (Å²) in [4.78, 5) is 26.7. The molecule has 1 aromatic carbocycles. The van der Waals surface area contributed by atoms with Crippen LogP contribution >= 0.6 is 0 Å². The zero-order valence-electron chi connectivity index (χ0n) is 6.55. The first-order chi connectivity index (χ1) is 6.18. The van der Waals surface area contributed by atoms with Crippen molar-refractivity contribution in [2.45, 2.75) is 0 Å². The third-order valence-corrected chi connectivity index (χ3v) is 1.73. The van der Waals surface area contributed by atoms with E-state index in [1.165, 1.54) is 6.07 Å². The number of nitrogens with two attached hydrogens (primary N) is 1. The van der Waals surface area contributed by atoms with E-state index in [-0.39, 0.29) is 11.3 Å². The van der Waals surface area contributed by atoms with E-state index in [9.17, 15) is 9.59 Å². The van der Waals surface area contributed by atoms with Crippen LogP contribution in [0.2, 0.25) is 0 Å². The Morgan fingerprint density at radius 2 is 2.23 bits per heavy atom. The highest BCUT2D eigenvalue weighted by atomic mass is 16.1. The Kier molecular flexibility index (Phi) is 1.45. The summed E-state index contributed by atoms with van der Waals surface area (Å²) < 4.78 is 0. The first-order valence-electron chi connectivity index (χ1n) is 3.61. The summed E-state index contributed by atoms with van der Waals surface area (Å²) in [6, 6.07) is 5.83. The van der Waals surface area contributed by atoms with Crippen LogP contribution in [-0.2, 0) is 0 Å². The molecular formula is C8H6N3O2. The Labute approximate surface area is 72.6 Å². The number of benzene rings is 1. The second-order valence-electron chi connectivity index (χ2n) is 2.58. The van der Waals surface area contributed by atoms with Crippen molar-refractivity contribution < 1.29 is 4.79 Å². The minimum absolute atomic E-state index is 0.191. The molecule has 0 bridgehead atoms. The molecule has 0 unspecified atom stereocenters. The average Bonchev–Trinajstić information content (AvgIpc) is 2.43. The molecule has 2 aromatic rings. The lowest BCUT2D eigenvalue weighted by atomic mass is 10.2. The second kappa shape index (κ2) is 2.48. The Hall–Kier alpha value is -2.04. The number of hydrogen-bond acceptors (Lipinski definition) is 2. The fourth-order valence-corrected chi connectivity index (χ4v) is 1.19. The molecule has 2 rings (SSSR count). The third kappa shape index (κ3) is 1.10. The van der Waals surface area contributed by atoms with Gasteiger partial charge in [0, 0.05) is 0 Å². The first kappa shape index (κ1) is 7.60. The van der Waals surface area contributed by atoms with E-state index in [0.29, 0.717) is 11.0 Å². The molecular weight excluding hydrogens is 170 g/mol. The van der Waals surface area contributed by atoms with Crippen LogP contribution < -0.4 is 11.4 Å². The van der Waals surface area contributed by atoms with Gasteiger partial charge in [-0.15, -0.1) is 0 Å². The van der Waals surface area contributed by atoms with Gasteiger partial charge in [-0.2, -0.15) is 0 Å². The number of H-pyrrole nitrogens is 2. The number of aromatic nitrogens is 2. The van der Waals surface area contributed by atoms with Gasteiger partial charge >= 0.3 is 5.69 Å². The Bertz CT molecular complexity index is 523. The normalized spacial score (nSPS) is 10.5. The highest BCUT2D eigenvalue weighted by molar-refractivity contribution is 6.03. The van der Waals surface area contributed by atoms with Gasteiger partial charge in [0.15, 0.2) is 0 Å². The van der Waals surface area contributed by atoms with Crippen molar-refractivity contribution >= 4 is 16.9 Å². The van der Waals surface area contributed by atoms with Gasteiger partial charge in [0.2, 0.25) is 0 Å². The molecule has 0 aliphatic carbocycles. The van der Waals surface area contributed by atoms with Crippen LogP contribution in [0.25, 0.3) is 11.0 Å². The number of aromatic amines is 2. The molecule has 1 aromatic heterocycles. The summed E-state index contributed by atoms with van der Waals surface area (Å²) in [5.74, 6) is -0.610. The predicted molar refractivity (Wildman–Crippen MR) is 46.3 cm³/mol. The van der Waals surface area contributed by atoms with Gasteiger partial charge in [0.05, 0.1) is 16.6 Å². The van der Waals surface area contributed by atoms with Gasteiger partial charge in [0.1, 0.15) is 0 Å². The second-order valence-corrected chi connectivity index (χ2v) is 2.58. The van der Waals surface area contributed by atoms with E-state index in [1.807, 2.05) is 0 Å². The van der Waals surface area contributed by atoms with Crippen LogP contribution in [0.1, 0.15) is 10.4 Å². The molecule has 0 saturated carbocycles. The molecule has 5 nitrogen and oxygen atoms in total. The monoisotopic (exact) mass is 176 g/mol. The number of amides is 1. The zero-order chi connectivity index (χ0) is 9.42. The Morgan fingerprint density at radius 3 is 2.92 bits per heavy atom. The lowest BCUT2D eigenvalue weighted by Crippen LogP contribution is -2.11. The molecule has 4 N–H and O–H groups in total. The van der Waals surface area contributed by atoms with E-state index in [1.54, 1.807) is 6.07 Å². The van der Waals surface area contributed by atoms with Gasteiger partial charge in [-0.05, 0) is 12.1 Å². The number of imidazole rings is 1. The predicted octanol–water partition coefficient (Wildman–Crippen LogP) is -0.245. The highest BCUT2D eigenvalue weighted by Gasteiger charge is 2.08. The minimum atomic E-state index is -0.610. The number of nitrogens with one attached hydrogen (secondary N) is 2. The third-order valence-electron chi connectivity index (χ3n) is 1.73. The fraction of sp³-hybridized carbons (Fsp3) is 0. The standard InChI is InChI=1S/C8H6N3O2/c9-7(12)4-2-1-3-5-6(4)11-8(13)10-5/h1,3H,(H2,9,12)(H2,10,11,13). The quantitative estimate of drug-likeness (QED) is 0.559. The van der Waals surface area contributed by atoms with Crippen LogP contribution in [0, 0.1) is 6.07 Å². The van der Waals surface area contributed by atoms with Crippen LogP contribution in [0.15, 0.2) is 16.9 Å². The van der Waals surface area contributed by atoms with Gasteiger partial charge in [-0.25, -0.2) is 4.79 Å². The van der Waals surface area contributed by atoms with Crippen molar-refractivity contribution in [2.75, 3.05) is 0 Å². The number of hydrogen-bond donors (Lipinski definition) is 3. The van der Waals surface area contributed by atoms with Crippen molar-refractivity contribution in [3.63, 3.8) is 0 Å². The first-order valence-corrected chi connectivity index (χ1v) is 3.61. The van der Waals surface area contributed by atoms with Gasteiger partial charge in [0.25, 0.3) is 5.91 Å². The van der Waals surface area contributed by atoms with E-state index in [0.717, 1.165) is 0 Å². The average molecular weight is 176 g/mol. The maximum atomic E-state index is 10.9. The molecule has 65 valence electrons. The molecule has 13 heavy (non-hydrogen) atoms. The molecule has 0 atom stereocenters. The highest BCUT2D eigenvalue weighted by Crippen LogP contribution is 2.10. The number of carbonyl (C=O) groups is 1. The molecule has 5 heteroatoms. The molecule has 0 aliphatic rings. The molecule has 0 spiro atoms. The molecule has 1 heterocycles. The van der Waals surface area contributed by atoms with Gasteiger partial charge in [-0.1, -0.05) is 6.07 Å². The Morgan fingerprint density at radius 1 is 1.46 bits per heavy atom. The topological polar surface area (TPSA) is 91.7 Å². The fourth-order valence-electron chi connectivity index (χ4n) is 1.19. The molecule has 0 fully saturated rings. The molecule has 0 saturated heterocycles. The van der Waals surface area contributed by atoms with E-state index in [2.05, 4.69) is 16.0 Å². The lowest BCUT2D eigenvalue weighted by Gasteiger charge is -1.94. The minimum Gasteiger partial charge on any atom is -0.366 e. The number of carbonyl (C=O) groups excluding carboxylic acids is 1. The van der Waals surface area contributed by atoms with E-state index < -0.39 is 5.91 Å². The largest absolute Gasteiger partial charge is 0.366 e. The van der Waals surface area contributed by atoms with Crippen LogP contribution in [0.4, 0.5) is 0 Å². The lowest BCUT2D eigenvalue weighted by molar-refractivity contribution is 0.100. The van der Waals surface area contributed by atoms with Crippen molar-refractivity contribution in [2.24, 2.45) is 5.73 Å². The molecule has 1 radical (unpaired) electrons. The van der Waals surface area contributed by atoms with Crippen molar-refractivity contribution in [1.29, 1.82) is 0 Å². The van der Waals surface area contributed by atoms with Crippen LogP contribution in [0.5, 0.6) is 0 Å². The summed E-state index contributed by atoms with van der Waals surface area (Å²) in [5.41, 5.74) is 5.87. The molecule has 1 amide bonds. The van der Waals surface area contributed by atoms with E-state index >= 15 is 0 Å². The smallest absolute Gasteiger partial charge is 0.323 e. The Balaban J connectivity index is 2.90. The summed E-state index contributed by atoms with van der Waals surface area (Å²) in [6.07, 6.45) is 0. The summed E-state index contributed by atoms with van der Waals surface area (Å²) in [7, 11) is 0. The van der Waals surface area contributed by atoms with Gasteiger partial charge < -0.3 is 15.7 Å². The van der Waals surface area contributed by atoms with Crippen molar-refractivity contribution in [1.82, 2.24) is 9.97 Å². The number of rotatable bonds is 1. The SMILES string of the molecule is NC(=O)c1[c]ccc2[nH]c(=O)[nH]c12. The maximum absolute atomic E-state index is 10.9. The maximum Gasteiger partial charge on any atom is 0.323 e. The summed E-state index contributed by atoms with van der Waals surface area (Å²) in [5, 5.41) is 0. The molecule has 0 aliphatic heterocycles. The van der Waals surface area contributed by atoms with Crippen LogP contribution in [-0.4, -0.2) is 15.9 Å². The van der Waals surface area contributed by atoms with Crippen molar-refractivity contribution in [3.05, 3.63) is 34.2 Å². The summed E-state index contributed by atoms with van der Waals surface area (Å²) in [6.45, 7) is 0. The summed E-state index contributed by atoms with van der Waals surface area (Å²) >= 11 is 0.